The third-order valence-corrected chi connectivity index (χ3v) is 7.90. The van der Waals surface area contributed by atoms with Gasteiger partial charge in [-0.3, -0.25) is 4.79 Å². The molecule has 2 fully saturated rings. The largest absolute Gasteiger partial charge is 0.467 e. The summed E-state index contributed by atoms with van der Waals surface area (Å²) >= 11 is 0. The van der Waals surface area contributed by atoms with Crippen LogP contribution in [0.25, 0.3) is 0 Å². The van der Waals surface area contributed by atoms with Crippen molar-refractivity contribution in [1.29, 1.82) is 0 Å². The van der Waals surface area contributed by atoms with E-state index in [1.807, 2.05) is 24.3 Å². The Bertz CT molecular complexity index is 1210. The lowest BCUT2D eigenvalue weighted by molar-refractivity contribution is -0.134. The molecule has 1 aliphatic heterocycles. The normalized spacial score (nSPS) is 18.3. The highest BCUT2D eigenvalue weighted by Gasteiger charge is 2.35. The number of hydrogen-bond donors (Lipinski definition) is 0. The summed E-state index contributed by atoms with van der Waals surface area (Å²) in [6.45, 7) is 1.66. The van der Waals surface area contributed by atoms with Crippen LogP contribution in [0.4, 0.5) is 0 Å². The van der Waals surface area contributed by atoms with Gasteiger partial charge in [0.15, 0.2) is 0 Å². The molecule has 3 heterocycles. The van der Waals surface area contributed by atoms with Gasteiger partial charge < -0.3 is 18.6 Å². The number of rotatable bonds is 10. The number of aromatic nitrogens is 2. The van der Waals surface area contributed by atoms with Crippen LogP contribution < -0.4 is 0 Å². The van der Waals surface area contributed by atoms with Gasteiger partial charge in [-0.05, 0) is 43.4 Å². The molecule has 0 spiro atoms. The van der Waals surface area contributed by atoms with Gasteiger partial charge in [-0.1, -0.05) is 30.3 Å². The molecule has 1 atom stereocenters. The lowest BCUT2D eigenvalue weighted by Gasteiger charge is -2.23. The standard InChI is InChI=1S/C25H29N3O5S/c29-24(20-10-11-20)27(16-22-8-4-12-32-22)15-21-14-26-25(28(21)17-23-9-5-13-33-23)34(30,31)18-19-6-2-1-3-7-19/h1-4,6-8,12,14,20,23H,5,9-11,13,15-18H2/t23-/m0/s1. The molecule has 9 heteroatoms. The zero-order valence-electron chi connectivity index (χ0n) is 19.0. The zero-order valence-corrected chi connectivity index (χ0v) is 19.8. The molecule has 1 amide bonds. The fourth-order valence-electron chi connectivity index (χ4n) is 4.40. The van der Waals surface area contributed by atoms with E-state index < -0.39 is 9.84 Å². The molecule has 0 radical (unpaired) electrons. The molecule has 0 bridgehead atoms. The zero-order chi connectivity index (χ0) is 23.5. The van der Waals surface area contributed by atoms with E-state index in [0.29, 0.717) is 36.7 Å². The fraction of sp³-hybridized carbons (Fsp3) is 0.440. The second kappa shape index (κ2) is 9.76. The van der Waals surface area contributed by atoms with Crippen molar-refractivity contribution in [2.45, 2.75) is 62.3 Å². The predicted molar refractivity (Wildman–Crippen MR) is 124 cm³/mol. The predicted octanol–water partition coefficient (Wildman–Crippen LogP) is 3.57. The van der Waals surface area contributed by atoms with E-state index in [9.17, 15) is 13.2 Å². The van der Waals surface area contributed by atoms with Gasteiger partial charge in [0.1, 0.15) is 5.76 Å². The van der Waals surface area contributed by atoms with Gasteiger partial charge in [0.05, 0.1) is 49.6 Å². The van der Waals surface area contributed by atoms with Crippen LogP contribution >= 0.6 is 0 Å². The number of nitrogens with zero attached hydrogens (tertiary/aromatic N) is 3. The van der Waals surface area contributed by atoms with E-state index in [2.05, 4.69) is 4.98 Å². The van der Waals surface area contributed by atoms with Gasteiger partial charge >= 0.3 is 0 Å². The van der Waals surface area contributed by atoms with Crippen molar-refractivity contribution in [2.24, 2.45) is 5.92 Å². The first-order valence-electron chi connectivity index (χ1n) is 11.7. The molecule has 1 aromatic carbocycles. The van der Waals surface area contributed by atoms with Crippen LogP contribution in [0.15, 0.2) is 64.5 Å². The van der Waals surface area contributed by atoms with Crippen LogP contribution in [0.3, 0.4) is 0 Å². The first-order chi connectivity index (χ1) is 16.5. The number of hydrogen-bond acceptors (Lipinski definition) is 6. The van der Waals surface area contributed by atoms with Crippen molar-refractivity contribution in [1.82, 2.24) is 14.5 Å². The maximum absolute atomic E-state index is 13.4. The summed E-state index contributed by atoms with van der Waals surface area (Å²) in [5.41, 5.74) is 1.39. The summed E-state index contributed by atoms with van der Waals surface area (Å²) in [5, 5.41) is 0.0265. The number of furan rings is 1. The Hall–Kier alpha value is -2.91. The van der Waals surface area contributed by atoms with E-state index >= 15 is 0 Å². The molecule has 8 nitrogen and oxygen atoms in total. The van der Waals surface area contributed by atoms with Crippen LogP contribution in [-0.4, -0.2) is 41.5 Å². The number of amides is 1. The SMILES string of the molecule is O=C(C1CC1)N(Cc1ccco1)Cc1cnc(S(=O)(=O)Cc2ccccc2)n1C[C@@H]1CCCO1. The van der Waals surface area contributed by atoms with Crippen LogP contribution in [0.1, 0.15) is 42.7 Å². The first-order valence-corrected chi connectivity index (χ1v) is 13.4. The molecule has 5 rings (SSSR count). The van der Waals surface area contributed by atoms with Crippen LogP contribution in [-0.2, 0) is 44.8 Å². The van der Waals surface area contributed by atoms with Crippen molar-refractivity contribution >= 4 is 15.7 Å². The summed E-state index contributed by atoms with van der Waals surface area (Å²) < 4.78 is 39.8. The lowest BCUT2D eigenvalue weighted by atomic mass is 10.2. The molecular weight excluding hydrogens is 454 g/mol. The Morgan fingerprint density at radius 1 is 1.09 bits per heavy atom. The molecule has 3 aromatic rings. The van der Waals surface area contributed by atoms with Crippen molar-refractivity contribution in [2.75, 3.05) is 6.61 Å². The molecule has 1 saturated heterocycles. The highest BCUT2D eigenvalue weighted by atomic mass is 32.2. The Balaban J connectivity index is 1.45. The maximum atomic E-state index is 13.4. The number of imidazole rings is 1. The number of sulfone groups is 1. The van der Waals surface area contributed by atoms with Crippen molar-refractivity contribution in [3.63, 3.8) is 0 Å². The smallest absolute Gasteiger partial charge is 0.228 e. The maximum Gasteiger partial charge on any atom is 0.228 e. The molecule has 1 aliphatic carbocycles. The van der Waals surface area contributed by atoms with Crippen molar-refractivity contribution in [3.05, 3.63) is 71.9 Å². The van der Waals surface area contributed by atoms with Crippen molar-refractivity contribution in [3.8, 4) is 0 Å². The first kappa shape index (κ1) is 22.9. The lowest BCUT2D eigenvalue weighted by Crippen LogP contribution is -2.33. The van der Waals surface area contributed by atoms with Gasteiger partial charge in [-0.2, -0.15) is 0 Å². The monoisotopic (exact) mass is 483 g/mol. The fourth-order valence-corrected chi connectivity index (χ4v) is 5.90. The summed E-state index contributed by atoms with van der Waals surface area (Å²) in [4.78, 5) is 19.1. The number of carbonyl (C=O) groups excluding carboxylic acids is 1. The average molecular weight is 484 g/mol. The average Bonchev–Trinajstić information content (AvgIpc) is 3.16. The van der Waals surface area contributed by atoms with Gasteiger partial charge in [0.25, 0.3) is 0 Å². The summed E-state index contributed by atoms with van der Waals surface area (Å²) in [6.07, 6.45) is 6.70. The Labute approximate surface area is 199 Å². The number of carbonyl (C=O) groups is 1. The number of ether oxygens (including phenoxy) is 1. The highest BCUT2D eigenvalue weighted by Crippen LogP contribution is 2.32. The second-order valence-corrected chi connectivity index (χ2v) is 11.0. The molecule has 1 saturated carbocycles. The van der Waals surface area contributed by atoms with Crippen LogP contribution in [0.2, 0.25) is 0 Å². The molecule has 180 valence electrons. The molecule has 0 unspecified atom stereocenters. The quantitative estimate of drug-likeness (QED) is 0.438. The Kier molecular flexibility index (Phi) is 6.56. The minimum absolute atomic E-state index is 0.0265. The van der Waals surface area contributed by atoms with Gasteiger partial charge in [-0.15, -0.1) is 0 Å². The molecule has 2 aromatic heterocycles. The minimum Gasteiger partial charge on any atom is -0.467 e. The third-order valence-electron chi connectivity index (χ3n) is 6.31. The molecule has 0 N–H and O–H groups in total. The van der Waals surface area contributed by atoms with Crippen LogP contribution in [0.5, 0.6) is 0 Å². The highest BCUT2D eigenvalue weighted by molar-refractivity contribution is 7.90. The molecule has 34 heavy (non-hydrogen) atoms. The second-order valence-electron chi connectivity index (χ2n) is 9.07. The van der Waals surface area contributed by atoms with E-state index in [-0.39, 0.29) is 35.4 Å². The topological polar surface area (TPSA) is 94.6 Å². The van der Waals surface area contributed by atoms with Crippen LogP contribution in [0, 0.1) is 5.92 Å². The van der Waals surface area contributed by atoms with Gasteiger partial charge in [0, 0.05) is 12.5 Å². The van der Waals surface area contributed by atoms with E-state index in [0.717, 1.165) is 25.7 Å². The molecular formula is C25H29N3O5S. The summed E-state index contributed by atoms with van der Waals surface area (Å²) in [7, 11) is -3.70. The van der Waals surface area contributed by atoms with E-state index in [4.69, 9.17) is 9.15 Å². The summed E-state index contributed by atoms with van der Waals surface area (Å²) in [5.74, 6) is 0.657. The van der Waals surface area contributed by atoms with Gasteiger partial charge in [-0.25, -0.2) is 13.4 Å². The summed E-state index contributed by atoms with van der Waals surface area (Å²) in [6, 6.07) is 12.7. The third kappa shape index (κ3) is 5.26. The van der Waals surface area contributed by atoms with E-state index in [1.54, 1.807) is 40.1 Å². The Morgan fingerprint density at radius 3 is 2.59 bits per heavy atom. The molecule has 2 aliphatic rings. The number of benzene rings is 1. The minimum atomic E-state index is -3.70. The van der Waals surface area contributed by atoms with E-state index in [1.165, 1.54) is 0 Å². The van der Waals surface area contributed by atoms with Gasteiger partial charge in [0.2, 0.25) is 20.9 Å². The Morgan fingerprint density at radius 2 is 1.91 bits per heavy atom. The van der Waals surface area contributed by atoms with Crippen molar-refractivity contribution < 1.29 is 22.4 Å².